The summed E-state index contributed by atoms with van der Waals surface area (Å²) in [5.74, 6) is 0.693. The number of aromatic nitrogens is 3. The van der Waals surface area contributed by atoms with Gasteiger partial charge in [0.15, 0.2) is 0 Å². The van der Waals surface area contributed by atoms with Gasteiger partial charge in [0.1, 0.15) is 0 Å². The van der Waals surface area contributed by atoms with E-state index in [-0.39, 0.29) is 20.6 Å². The Bertz CT molecular complexity index is 1090. The number of thiazole rings is 1. The maximum atomic E-state index is 11.5. The van der Waals surface area contributed by atoms with Crippen LogP contribution in [0.4, 0.5) is 5.95 Å². The number of thioether (sulfide) groups is 1. The van der Waals surface area contributed by atoms with E-state index < -0.39 is 10.0 Å². The van der Waals surface area contributed by atoms with Gasteiger partial charge in [-0.15, -0.1) is 0 Å². The number of benzene rings is 1. The van der Waals surface area contributed by atoms with Crippen LogP contribution in [0.2, 0.25) is 4.71 Å². The SMILES string of the molecule is CSc1cnc(N[C@H]2CC[C@H]([AsH]c3nc4ccc(S(N)(=O)=O)cc4s3)C2)nc1. The Morgan fingerprint density at radius 3 is 2.79 bits per heavy atom. The number of hydrogen-bond donors (Lipinski definition) is 2. The molecule has 0 radical (unpaired) electrons. The molecule has 1 aromatic carbocycles. The van der Waals surface area contributed by atoms with Crippen LogP contribution in [-0.2, 0) is 10.0 Å². The van der Waals surface area contributed by atoms with E-state index in [2.05, 4.69) is 15.3 Å². The van der Waals surface area contributed by atoms with Gasteiger partial charge >= 0.3 is 179 Å². The standard InChI is InChI=1S/C17H20AsN5O2S3/c1-26-12-8-20-17(21-9-12)22-11-3-2-10(6-11)18-16-23-14-5-4-13(28(19,24)25)7-15(14)27-16/h4-5,7-11,18H,2-3,6H2,1H3,(H2,19,24,25)(H,20,21,22)/t10-,11-/m0/s1. The fourth-order valence-electron chi connectivity index (χ4n) is 3.24. The molecule has 0 saturated heterocycles. The van der Waals surface area contributed by atoms with Crippen molar-refractivity contribution in [1.29, 1.82) is 0 Å². The van der Waals surface area contributed by atoms with E-state index in [1.165, 1.54) is 12.5 Å². The summed E-state index contributed by atoms with van der Waals surface area (Å²) in [5, 5.41) is 8.68. The monoisotopic (exact) mass is 497 g/mol. The Kier molecular flexibility index (Phi) is 5.94. The molecule has 0 aliphatic heterocycles. The van der Waals surface area contributed by atoms with Gasteiger partial charge in [0.2, 0.25) is 0 Å². The van der Waals surface area contributed by atoms with Gasteiger partial charge < -0.3 is 0 Å². The van der Waals surface area contributed by atoms with Crippen LogP contribution in [0.1, 0.15) is 19.3 Å². The van der Waals surface area contributed by atoms with Crippen molar-refractivity contribution >= 4 is 68.8 Å². The summed E-state index contributed by atoms with van der Waals surface area (Å²) >= 11 is 2.85. The third-order valence-electron chi connectivity index (χ3n) is 4.65. The summed E-state index contributed by atoms with van der Waals surface area (Å²) in [7, 11) is -3.68. The van der Waals surface area contributed by atoms with Gasteiger partial charge in [-0.2, -0.15) is 0 Å². The molecular formula is C17H20AsN5O2S3. The second-order valence-electron chi connectivity index (χ2n) is 6.64. The first-order chi connectivity index (χ1) is 13.4. The molecule has 28 heavy (non-hydrogen) atoms. The molecule has 0 spiro atoms. The van der Waals surface area contributed by atoms with E-state index in [9.17, 15) is 8.42 Å². The van der Waals surface area contributed by atoms with Crippen LogP contribution < -0.4 is 14.3 Å². The van der Waals surface area contributed by atoms with E-state index in [0.717, 1.165) is 31.7 Å². The van der Waals surface area contributed by atoms with E-state index in [1.807, 2.05) is 18.6 Å². The number of rotatable bonds is 6. The first kappa shape index (κ1) is 20.1. The third kappa shape index (κ3) is 4.68. The Hall–Kier alpha value is -1.19. The second kappa shape index (κ2) is 8.28. The number of sulfonamides is 1. The molecule has 4 rings (SSSR count). The van der Waals surface area contributed by atoms with Gasteiger partial charge in [0.05, 0.1) is 0 Å². The van der Waals surface area contributed by atoms with E-state index in [0.29, 0.717) is 16.7 Å². The zero-order chi connectivity index (χ0) is 19.7. The molecule has 2 aromatic heterocycles. The van der Waals surface area contributed by atoms with Crippen LogP contribution >= 0.6 is 23.1 Å². The van der Waals surface area contributed by atoms with Gasteiger partial charge in [0, 0.05) is 0 Å². The summed E-state index contributed by atoms with van der Waals surface area (Å²) in [5.41, 5.74) is 0.853. The quantitative estimate of drug-likeness (QED) is 0.396. The van der Waals surface area contributed by atoms with Crippen molar-refractivity contribution in [3.63, 3.8) is 0 Å². The van der Waals surface area contributed by atoms with Crippen molar-refractivity contribution in [3.05, 3.63) is 30.6 Å². The van der Waals surface area contributed by atoms with Crippen LogP contribution in [-0.4, -0.2) is 51.4 Å². The van der Waals surface area contributed by atoms with Crippen molar-refractivity contribution in [2.45, 2.75) is 39.8 Å². The van der Waals surface area contributed by atoms with Crippen molar-refractivity contribution in [1.82, 2.24) is 15.0 Å². The molecule has 11 heteroatoms. The van der Waals surface area contributed by atoms with Crippen molar-refractivity contribution < 1.29 is 8.42 Å². The van der Waals surface area contributed by atoms with Gasteiger partial charge in [-0.1, -0.05) is 0 Å². The van der Waals surface area contributed by atoms with Crippen LogP contribution in [0.25, 0.3) is 10.2 Å². The van der Waals surface area contributed by atoms with Crippen LogP contribution in [0.15, 0.2) is 40.4 Å². The van der Waals surface area contributed by atoms with E-state index in [4.69, 9.17) is 10.1 Å². The fourth-order valence-corrected chi connectivity index (χ4v) is 9.53. The molecular weight excluding hydrogens is 477 g/mol. The number of nitrogens with zero attached hydrogens (tertiary/aromatic N) is 3. The Balaban J connectivity index is 1.39. The summed E-state index contributed by atoms with van der Waals surface area (Å²) in [6, 6.07) is 5.30. The van der Waals surface area contributed by atoms with Crippen molar-refractivity contribution in [2.24, 2.45) is 5.14 Å². The number of nitrogens with two attached hydrogens (primary N) is 1. The Labute approximate surface area is 178 Å². The normalized spacial score (nSPS) is 20.4. The average Bonchev–Trinajstić information content (AvgIpc) is 3.27. The van der Waals surface area contributed by atoms with Gasteiger partial charge in [-0.25, -0.2) is 0 Å². The van der Waals surface area contributed by atoms with Crippen LogP contribution in [0, 0.1) is 0 Å². The summed E-state index contributed by atoms with van der Waals surface area (Å²) in [6.45, 7) is 0. The summed E-state index contributed by atoms with van der Waals surface area (Å²) in [4.78, 5) is 14.7. The number of primary sulfonamides is 1. The molecule has 1 aliphatic carbocycles. The molecule has 3 N–H and O–H groups in total. The van der Waals surface area contributed by atoms with E-state index >= 15 is 0 Å². The number of nitrogens with one attached hydrogen (secondary N) is 1. The first-order valence-corrected chi connectivity index (χ1v) is 14.6. The summed E-state index contributed by atoms with van der Waals surface area (Å²) in [6.07, 6.45) is 9.09. The van der Waals surface area contributed by atoms with E-state index in [1.54, 1.807) is 35.2 Å². The minimum atomic E-state index is -3.68. The Morgan fingerprint density at radius 1 is 1.29 bits per heavy atom. The topological polar surface area (TPSA) is 111 Å². The van der Waals surface area contributed by atoms with Gasteiger partial charge in [0.25, 0.3) is 0 Å². The molecule has 0 bridgehead atoms. The molecule has 1 aliphatic rings. The zero-order valence-corrected chi connectivity index (χ0v) is 19.7. The summed E-state index contributed by atoms with van der Waals surface area (Å²) < 4.78 is 25.8. The molecule has 1 saturated carbocycles. The number of anilines is 1. The fraction of sp³-hybridized carbons (Fsp3) is 0.353. The van der Waals surface area contributed by atoms with Gasteiger partial charge in [-0.05, 0) is 0 Å². The zero-order valence-electron chi connectivity index (χ0n) is 15.1. The van der Waals surface area contributed by atoms with Crippen LogP contribution in [0.5, 0.6) is 0 Å². The molecule has 7 nitrogen and oxygen atoms in total. The predicted octanol–water partition coefficient (Wildman–Crippen LogP) is 1.97. The molecule has 148 valence electrons. The molecule has 1 fully saturated rings. The average molecular weight is 498 g/mol. The van der Waals surface area contributed by atoms with Crippen LogP contribution in [0.3, 0.4) is 0 Å². The molecule has 3 atom stereocenters. The molecule has 0 amide bonds. The molecule has 2 heterocycles. The molecule has 3 aromatic rings. The number of fused-ring (bicyclic) bond motifs is 1. The van der Waals surface area contributed by atoms with Crippen molar-refractivity contribution in [3.8, 4) is 0 Å². The predicted molar refractivity (Wildman–Crippen MR) is 117 cm³/mol. The van der Waals surface area contributed by atoms with Gasteiger partial charge in [-0.3, -0.25) is 0 Å². The minimum absolute atomic E-state index is 0.146. The van der Waals surface area contributed by atoms with Crippen molar-refractivity contribution in [2.75, 3.05) is 11.6 Å². The second-order valence-corrected chi connectivity index (χ2v) is 14.2. The Morgan fingerprint density at radius 2 is 2.07 bits per heavy atom. The molecule has 1 unspecified atom stereocenters. The first-order valence-electron chi connectivity index (χ1n) is 8.73. The third-order valence-corrected chi connectivity index (χ3v) is 11.0. The maximum absolute atomic E-state index is 11.5. The number of hydrogen-bond acceptors (Lipinski definition) is 8.